The highest BCUT2D eigenvalue weighted by atomic mass is 16.1. The highest BCUT2D eigenvalue weighted by molar-refractivity contribution is 5.91. The van der Waals surface area contributed by atoms with E-state index in [-0.39, 0.29) is 17.6 Å². The molecule has 0 spiro atoms. The Morgan fingerprint density at radius 3 is 2.63 bits per heavy atom. The molecule has 2 fully saturated rings. The van der Waals surface area contributed by atoms with Crippen LogP contribution in [0.1, 0.15) is 90.9 Å². The molecule has 0 aromatic heterocycles. The van der Waals surface area contributed by atoms with Crippen molar-refractivity contribution < 1.29 is 9.59 Å². The van der Waals surface area contributed by atoms with Crippen LogP contribution in [-0.2, 0) is 9.59 Å². The van der Waals surface area contributed by atoms with E-state index in [1.165, 1.54) is 38.5 Å². The summed E-state index contributed by atoms with van der Waals surface area (Å²) in [5.41, 5.74) is 0. The fraction of sp³-hybridized carbons (Fsp3) is 0.714. The third kappa shape index (κ3) is 6.79. The minimum absolute atomic E-state index is 0.0774. The highest BCUT2D eigenvalue weighted by Gasteiger charge is 2.38. The maximum Gasteiger partial charge on any atom is 0.158 e. The molecular weight excluding hydrogens is 368 g/mol. The molecule has 0 heterocycles. The van der Waals surface area contributed by atoms with Gasteiger partial charge in [-0.2, -0.15) is 0 Å². The van der Waals surface area contributed by atoms with Gasteiger partial charge in [0.15, 0.2) is 5.78 Å². The number of hydrogen-bond acceptors (Lipinski definition) is 2. The van der Waals surface area contributed by atoms with Gasteiger partial charge in [0.05, 0.1) is 0 Å². The summed E-state index contributed by atoms with van der Waals surface area (Å²) in [7, 11) is 0. The van der Waals surface area contributed by atoms with Gasteiger partial charge in [-0.05, 0) is 61.9 Å². The first-order valence-corrected chi connectivity index (χ1v) is 12.6. The zero-order valence-corrected chi connectivity index (χ0v) is 19.2. The number of allylic oxidation sites excluding steroid dienone is 6. The molecule has 6 atom stereocenters. The highest BCUT2D eigenvalue weighted by Crippen LogP contribution is 2.44. The molecule has 2 saturated carbocycles. The number of Topliss-reactive ketones (excluding diaryl/α,β-unsaturated/α-hetero) is 1. The fourth-order valence-electron chi connectivity index (χ4n) is 5.97. The van der Waals surface area contributed by atoms with Gasteiger partial charge < -0.3 is 0 Å². The Bertz CT molecular complexity index is 654. The quantitative estimate of drug-likeness (QED) is 0.355. The molecule has 0 radical (unpaired) electrons. The monoisotopic (exact) mass is 410 g/mol. The van der Waals surface area contributed by atoms with Crippen LogP contribution in [0.3, 0.4) is 0 Å². The number of fused-ring (bicyclic) bond motifs is 1. The molecular formula is C28H42O2. The Labute approximate surface area is 184 Å². The molecule has 0 amide bonds. The molecule has 0 bridgehead atoms. The van der Waals surface area contributed by atoms with Crippen LogP contribution < -0.4 is 0 Å². The van der Waals surface area contributed by atoms with Crippen molar-refractivity contribution in [2.75, 3.05) is 0 Å². The second-order valence-electron chi connectivity index (χ2n) is 10.3. The molecule has 166 valence electrons. The molecule has 3 aliphatic rings. The van der Waals surface area contributed by atoms with Gasteiger partial charge in [0.25, 0.3) is 0 Å². The van der Waals surface area contributed by atoms with E-state index in [0.717, 1.165) is 38.0 Å². The Kier molecular flexibility index (Phi) is 9.15. The summed E-state index contributed by atoms with van der Waals surface area (Å²) in [5.74, 6) is 3.30. The van der Waals surface area contributed by atoms with E-state index in [0.29, 0.717) is 30.0 Å². The van der Waals surface area contributed by atoms with Gasteiger partial charge in [0.1, 0.15) is 5.78 Å². The second kappa shape index (κ2) is 11.8. The largest absolute Gasteiger partial charge is 0.299 e. The van der Waals surface area contributed by atoms with Gasteiger partial charge in [0, 0.05) is 18.3 Å². The topological polar surface area (TPSA) is 34.1 Å². The molecule has 0 aliphatic heterocycles. The van der Waals surface area contributed by atoms with Crippen molar-refractivity contribution in [3.63, 3.8) is 0 Å². The second-order valence-corrected chi connectivity index (χ2v) is 10.3. The molecule has 0 N–H and O–H groups in total. The smallest absolute Gasteiger partial charge is 0.158 e. The van der Waals surface area contributed by atoms with Crippen molar-refractivity contribution in [3.8, 4) is 0 Å². The summed E-state index contributed by atoms with van der Waals surface area (Å²) in [4.78, 5) is 25.5. The van der Waals surface area contributed by atoms with Gasteiger partial charge in [-0.25, -0.2) is 0 Å². The average molecular weight is 411 g/mol. The lowest BCUT2D eigenvalue weighted by Crippen LogP contribution is -2.35. The summed E-state index contributed by atoms with van der Waals surface area (Å²) in [5, 5.41) is 0. The number of hydrogen-bond donors (Lipinski definition) is 0. The maximum atomic E-state index is 13.0. The van der Waals surface area contributed by atoms with Crippen LogP contribution in [-0.4, -0.2) is 11.6 Å². The summed E-state index contributed by atoms with van der Waals surface area (Å²) in [6.45, 7) is 4.14. The molecule has 3 aliphatic carbocycles. The molecule has 30 heavy (non-hydrogen) atoms. The molecule has 0 aromatic carbocycles. The number of carbonyl (C=O) groups is 2. The third-order valence-electron chi connectivity index (χ3n) is 7.87. The van der Waals surface area contributed by atoms with Crippen molar-refractivity contribution in [3.05, 3.63) is 36.5 Å². The van der Waals surface area contributed by atoms with E-state index in [1.54, 1.807) is 6.08 Å². The van der Waals surface area contributed by atoms with Crippen LogP contribution in [0.5, 0.6) is 0 Å². The van der Waals surface area contributed by atoms with Crippen LogP contribution in [0.4, 0.5) is 0 Å². The predicted octanol–water partition coefficient (Wildman–Crippen LogP) is 7.25. The fourth-order valence-corrected chi connectivity index (χ4v) is 5.97. The minimum atomic E-state index is 0.0774. The van der Waals surface area contributed by atoms with Crippen LogP contribution in [0.25, 0.3) is 0 Å². The molecule has 2 heteroatoms. The Morgan fingerprint density at radius 2 is 1.83 bits per heavy atom. The first-order valence-electron chi connectivity index (χ1n) is 12.6. The van der Waals surface area contributed by atoms with Gasteiger partial charge in [-0.3, -0.25) is 9.59 Å². The van der Waals surface area contributed by atoms with E-state index < -0.39 is 0 Å². The summed E-state index contributed by atoms with van der Waals surface area (Å²) in [6, 6.07) is 0. The van der Waals surface area contributed by atoms with Gasteiger partial charge in [0.2, 0.25) is 0 Å². The predicted molar refractivity (Wildman–Crippen MR) is 125 cm³/mol. The number of carbonyl (C=O) groups excluding carboxylic acids is 2. The first kappa shape index (κ1) is 23.2. The number of ketones is 2. The molecule has 2 nitrogen and oxygen atoms in total. The Balaban J connectivity index is 1.39. The van der Waals surface area contributed by atoms with Crippen molar-refractivity contribution in [2.45, 2.75) is 90.9 Å². The van der Waals surface area contributed by atoms with E-state index in [1.807, 2.05) is 13.0 Å². The minimum Gasteiger partial charge on any atom is -0.299 e. The van der Waals surface area contributed by atoms with E-state index in [9.17, 15) is 9.59 Å². The normalized spacial score (nSPS) is 30.7. The van der Waals surface area contributed by atoms with E-state index in [2.05, 4.69) is 31.2 Å². The standard InChI is InChI=1S/C28H42O2/c1-21(20-28(30)26-17-9-15-24-14-6-7-16-25(24)26)18-19-27(29)22(2)10-8-13-23-11-4-3-5-12-23/h3-5,11,18-19,21-26H,6-10,12-17,20H2,1-2H3/b19-18+. The Hall–Kier alpha value is -1.44. The van der Waals surface area contributed by atoms with Crippen LogP contribution in [0, 0.1) is 35.5 Å². The van der Waals surface area contributed by atoms with Crippen molar-refractivity contribution in [1.82, 2.24) is 0 Å². The average Bonchev–Trinajstić information content (AvgIpc) is 2.77. The third-order valence-corrected chi connectivity index (χ3v) is 7.87. The van der Waals surface area contributed by atoms with E-state index >= 15 is 0 Å². The van der Waals surface area contributed by atoms with Crippen LogP contribution in [0.2, 0.25) is 0 Å². The molecule has 0 aromatic rings. The summed E-state index contributed by atoms with van der Waals surface area (Å²) >= 11 is 0. The zero-order valence-electron chi connectivity index (χ0n) is 19.2. The lowest BCUT2D eigenvalue weighted by Gasteiger charge is -2.41. The summed E-state index contributed by atoms with van der Waals surface area (Å²) in [6.07, 6.45) is 26.4. The number of rotatable bonds is 10. The lowest BCUT2D eigenvalue weighted by atomic mass is 9.64. The SMILES string of the molecule is CC(/C=C/C(=O)C(C)CCCC1C=CC=CC1)CC(=O)C1CCCC2CCCCC21. The first-order chi connectivity index (χ1) is 14.5. The van der Waals surface area contributed by atoms with Gasteiger partial charge >= 0.3 is 0 Å². The molecule has 6 unspecified atom stereocenters. The van der Waals surface area contributed by atoms with Crippen LogP contribution >= 0.6 is 0 Å². The zero-order chi connectivity index (χ0) is 21.3. The molecule has 3 rings (SSSR count). The Morgan fingerprint density at radius 1 is 1.03 bits per heavy atom. The summed E-state index contributed by atoms with van der Waals surface area (Å²) < 4.78 is 0. The van der Waals surface area contributed by atoms with Crippen molar-refractivity contribution >= 4 is 11.6 Å². The van der Waals surface area contributed by atoms with Gasteiger partial charge in [-0.1, -0.05) is 82.8 Å². The van der Waals surface area contributed by atoms with Crippen molar-refractivity contribution in [1.29, 1.82) is 0 Å². The molecule has 0 saturated heterocycles. The van der Waals surface area contributed by atoms with Gasteiger partial charge in [-0.15, -0.1) is 0 Å². The maximum absolute atomic E-state index is 13.0. The van der Waals surface area contributed by atoms with Crippen molar-refractivity contribution in [2.24, 2.45) is 35.5 Å². The van der Waals surface area contributed by atoms with E-state index in [4.69, 9.17) is 0 Å². The lowest BCUT2D eigenvalue weighted by molar-refractivity contribution is -0.128. The van der Waals surface area contributed by atoms with Crippen LogP contribution in [0.15, 0.2) is 36.5 Å².